The van der Waals surface area contributed by atoms with Crippen LogP contribution < -0.4 is 10.3 Å². The van der Waals surface area contributed by atoms with Crippen molar-refractivity contribution in [3.8, 4) is 5.75 Å². The zero-order chi connectivity index (χ0) is 16.0. The highest BCUT2D eigenvalue weighted by molar-refractivity contribution is 9.10. The molecule has 1 atom stereocenters. The topological polar surface area (TPSA) is 59.2 Å². The molecule has 3 aromatic rings. The van der Waals surface area contributed by atoms with Crippen molar-refractivity contribution < 1.29 is 9.53 Å². The number of benzene rings is 2. The number of H-pyrrole nitrogens is 1. The van der Waals surface area contributed by atoms with E-state index in [9.17, 15) is 9.59 Å². The number of hydrogen-bond acceptors (Lipinski definition) is 3. The van der Waals surface area contributed by atoms with Crippen molar-refractivity contribution in [2.24, 2.45) is 0 Å². The molecule has 0 bridgehead atoms. The van der Waals surface area contributed by atoms with Gasteiger partial charge in [0.25, 0.3) is 5.56 Å². The number of esters is 1. The van der Waals surface area contributed by atoms with Gasteiger partial charge in [-0.05, 0) is 29.8 Å². The molecule has 0 saturated heterocycles. The zero-order valence-corrected chi connectivity index (χ0v) is 13.6. The number of hydrogen-bond donors (Lipinski definition) is 1. The van der Waals surface area contributed by atoms with E-state index in [1.54, 1.807) is 6.07 Å². The molecule has 1 N–H and O–H groups in total. The van der Waals surface area contributed by atoms with Crippen molar-refractivity contribution in [3.63, 3.8) is 0 Å². The standard InChI is InChI=1S/C18H12BrNO3/c19-11-7-5-10(6-8-11)13-9-15(21)23-17-12-3-1-2-4-14(12)20-18(22)16(13)17/h1-8,13H,9H2,(H,20,22). The molecule has 2 aromatic carbocycles. The lowest BCUT2D eigenvalue weighted by Gasteiger charge is -2.25. The van der Waals surface area contributed by atoms with Crippen LogP contribution in [0.4, 0.5) is 0 Å². The van der Waals surface area contributed by atoms with Gasteiger partial charge < -0.3 is 9.72 Å². The van der Waals surface area contributed by atoms with Gasteiger partial charge in [-0.2, -0.15) is 0 Å². The summed E-state index contributed by atoms with van der Waals surface area (Å²) in [7, 11) is 0. The highest BCUT2D eigenvalue weighted by Gasteiger charge is 2.32. The molecule has 23 heavy (non-hydrogen) atoms. The van der Waals surface area contributed by atoms with Crippen LogP contribution in [0.25, 0.3) is 10.9 Å². The van der Waals surface area contributed by atoms with Crippen LogP contribution in [0.1, 0.15) is 23.5 Å². The summed E-state index contributed by atoms with van der Waals surface area (Å²) in [6.07, 6.45) is 0.163. The summed E-state index contributed by atoms with van der Waals surface area (Å²) in [4.78, 5) is 27.6. The quantitative estimate of drug-likeness (QED) is 0.664. The van der Waals surface area contributed by atoms with E-state index in [1.807, 2.05) is 42.5 Å². The Labute approximate surface area is 140 Å². The van der Waals surface area contributed by atoms with Gasteiger partial charge in [0.15, 0.2) is 0 Å². The average Bonchev–Trinajstić information content (AvgIpc) is 2.55. The molecular weight excluding hydrogens is 358 g/mol. The zero-order valence-electron chi connectivity index (χ0n) is 12.0. The largest absolute Gasteiger partial charge is 0.425 e. The summed E-state index contributed by atoms with van der Waals surface area (Å²) in [6, 6.07) is 15.0. The molecule has 0 aliphatic carbocycles. The van der Waals surface area contributed by atoms with Gasteiger partial charge in [-0.25, -0.2) is 0 Å². The van der Waals surface area contributed by atoms with Gasteiger partial charge in [-0.15, -0.1) is 0 Å². The second kappa shape index (κ2) is 5.35. The molecular formula is C18H12BrNO3. The van der Waals surface area contributed by atoms with Crippen molar-refractivity contribution in [2.45, 2.75) is 12.3 Å². The fourth-order valence-corrected chi connectivity index (χ4v) is 3.32. The van der Waals surface area contributed by atoms with Crippen molar-refractivity contribution in [1.82, 2.24) is 4.98 Å². The van der Waals surface area contributed by atoms with E-state index in [4.69, 9.17) is 4.74 Å². The fraction of sp³-hybridized carbons (Fsp3) is 0.111. The molecule has 1 aliphatic rings. The Morgan fingerprint density at radius 1 is 1.04 bits per heavy atom. The molecule has 1 aromatic heterocycles. The highest BCUT2D eigenvalue weighted by Crippen LogP contribution is 2.40. The first-order valence-electron chi connectivity index (χ1n) is 7.24. The van der Waals surface area contributed by atoms with Crippen molar-refractivity contribution in [3.05, 3.63) is 74.5 Å². The summed E-state index contributed by atoms with van der Waals surface area (Å²) >= 11 is 3.40. The Hall–Kier alpha value is -2.40. The second-order valence-electron chi connectivity index (χ2n) is 5.52. The summed E-state index contributed by atoms with van der Waals surface area (Å²) in [5.41, 5.74) is 1.90. The maximum atomic E-state index is 12.6. The number of nitrogens with one attached hydrogen (secondary N) is 1. The minimum absolute atomic E-state index is 0.163. The van der Waals surface area contributed by atoms with Crippen LogP contribution in [0.15, 0.2) is 57.8 Å². The third-order valence-electron chi connectivity index (χ3n) is 4.12. The Bertz CT molecular complexity index is 976. The fourth-order valence-electron chi connectivity index (χ4n) is 3.06. The summed E-state index contributed by atoms with van der Waals surface area (Å²) < 4.78 is 6.38. The van der Waals surface area contributed by atoms with E-state index < -0.39 is 0 Å². The van der Waals surface area contributed by atoms with Gasteiger partial charge in [0.1, 0.15) is 5.75 Å². The number of aromatic amines is 1. The molecule has 0 spiro atoms. The van der Waals surface area contributed by atoms with Crippen LogP contribution in [0, 0.1) is 0 Å². The highest BCUT2D eigenvalue weighted by atomic mass is 79.9. The molecule has 0 saturated carbocycles. The number of ether oxygens (including phenoxy) is 1. The third kappa shape index (κ3) is 2.37. The minimum Gasteiger partial charge on any atom is -0.425 e. The number of carbonyl (C=O) groups is 1. The lowest BCUT2D eigenvalue weighted by molar-refractivity contribution is -0.135. The normalized spacial score (nSPS) is 16.9. The number of halogens is 1. The summed E-state index contributed by atoms with van der Waals surface area (Å²) in [6.45, 7) is 0. The van der Waals surface area contributed by atoms with Crippen LogP contribution in [0.2, 0.25) is 0 Å². The third-order valence-corrected chi connectivity index (χ3v) is 4.65. The Morgan fingerprint density at radius 2 is 1.78 bits per heavy atom. The van der Waals surface area contributed by atoms with Gasteiger partial charge >= 0.3 is 5.97 Å². The lowest BCUT2D eigenvalue weighted by atomic mass is 9.86. The molecule has 5 heteroatoms. The van der Waals surface area contributed by atoms with Crippen molar-refractivity contribution in [1.29, 1.82) is 0 Å². The molecule has 114 valence electrons. The second-order valence-corrected chi connectivity index (χ2v) is 6.44. The predicted molar refractivity (Wildman–Crippen MR) is 90.8 cm³/mol. The first kappa shape index (κ1) is 14.2. The molecule has 0 amide bonds. The van der Waals surface area contributed by atoms with Gasteiger partial charge in [0, 0.05) is 15.8 Å². The number of pyridine rings is 1. The van der Waals surface area contributed by atoms with E-state index in [-0.39, 0.29) is 23.9 Å². The molecule has 0 radical (unpaired) electrons. The van der Waals surface area contributed by atoms with Gasteiger partial charge in [-0.1, -0.05) is 40.2 Å². The average molecular weight is 370 g/mol. The monoisotopic (exact) mass is 369 g/mol. The SMILES string of the molecule is O=C1CC(c2ccc(Br)cc2)c2c(c3ccccc3[nH]c2=O)O1. The minimum atomic E-state index is -0.318. The van der Waals surface area contributed by atoms with E-state index in [0.717, 1.165) is 15.4 Å². The Balaban J connectivity index is 2.00. The molecule has 0 fully saturated rings. The lowest BCUT2D eigenvalue weighted by Crippen LogP contribution is -2.28. The van der Waals surface area contributed by atoms with E-state index >= 15 is 0 Å². The smallest absolute Gasteiger partial charge is 0.312 e. The predicted octanol–water partition coefficient (Wildman–Crippen LogP) is 3.73. The first-order valence-corrected chi connectivity index (χ1v) is 8.04. The Kier molecular flexibility index (Phi) is 3.31. The molecule has 1 unspecified atom stereocenters. The Morgan fingerprint density at radius 3 is 2.57 bits per heavy atom. The maximum absolute atomic E-state index is 12.6. The molecule has 4 nitrogen and oxygen atoms in total. The molecule has 4 rings (SSSR count). The number of aromatic nitrogens is 1. The summed E-state index contributed by atoms with van der Waals surface area (Å²) in [5.74, 6) is -0.234. The van der Waals surface area contributed by atoms with Crippen LogP contribution in [0.5, 0.6) is 5.75 Å². The van der Waals surface area contributed by atoms with Gasteiger partial charge in [-0.3, -0.25) is 9.59 Å². The van der Waals surface area contributed by atoms with Crippen molar-refractivity contribution >= 4 is 32.8 Å². The van der Waals surface area contributed by atoms with Crippen LogP contribution >= 0.6 is 15.9 Å². The van der Waals surface area contributed by atoms with Crippen LogP contribution in [-0.4, -0.2) is 11.0 Å². The van der Waals surface area contributed by atoms with E-state index in [2.05, 4.69) is 20.9 Å². The number of rotatable bonds is 1. The number of carbonyl (C=O) groups excluding carboxylic acids is 1. The van der Waals surface area contributed by atoms with Crippen molar-refractivity contribution in [2.75, 3.05) is 0 Å². The number of para-hydroxylation sites is 1. The summed E-state index contributed by atoms with van der Waals surface area (Å²) in [5, 5.41) is 0.747. The maximum Gasteiger partial charge on any atom is 0.312 e. The van der Waals surface area contributed by atoms with Gasteiger partial charge in [0.2, 0.25) is 0 Å². The molecule has 1 aliphatic heterocycles. The van der Waals surface area contributed by atoms with E-state index in [1.165, 1.54) is 0 Å². The van der Waals surface area contributed by atoms with Gasteiger partial charge in [0.05, 0.1) is 17.5 Å². The van der Waals surface area contributed by atoms with Crippen LogP contribution in [-0.2, 0) is 4.79 Å². The van der Waals surface area contributed by atoms with E-state index in [0.29, 0.717) is 16.8 Å². The number of fused-ring (bicyclic) bond motifs is 3. The molecule has 2 heterocycles. The first-order chi connectivity index (χ1) is 11.1. The van der Waals surface area contributed by atoms with Crippen LogP contribution in [0.3, 0.4) is 0 Å².